The maximum Gasteiger partial charge on any atom is 0.319 e. The van der Waals surface area contributed by atoms with E-state index in [2.05, 4.69) is 0 Å². The van der Waals surface area contributed by atoms with Gasteiger partial charge in [-0.2, -0.15) is 0 Å². The Balaban J connectivity index is 5.04. The van der Waals surface area contributed by atoms with Gasteiger partial charge in [-0.25, -0.2) is 0 Å². The Morgan fingerprint density at radius 3 is 2.00 bits per heavy atom. The second-order valence-corrected chi connectivity index (χ2v) is 3.76. The van der Waals surface area contributed by atoms with Gasteiger partial charge in [0.05, 0.1) is 6.61 Å². The minimum absolute atomic E-state index is 0.0240. The molecule has 3 nitrogen and oxygen atoms in total. The van der Waals surface area contributed by atoms with Crippen LogP contribution in [0.3, 0.4) is 0 Å². The van der Waals surface area contributed by atoms with Crippen molar-refractivity contribution in [2.24, 2.45) is 11.3 Å². The number of esters is 1. The standard InChI is InChI=1S/C11H20O3/c1-6-11(8(3)4,9(5)12)10(13)14-7-2/h8H,6-7H2,1-5H3/t11-/m1/s1. The van der Waals surface area contributed by atoms with Crippen molar-refractivity contribution in [2.75, 3.05) is 6.61 Å². The fraction of sp³-hybridized carbons (Fsp3) is 0.818. The molecule has 0 bridgehead atoms. The highest BCUT2D eigenvalue weighted by Gasteiger charge is 2.45. The van der Waals surface area contributed by atoms with Crippen molar-refractivity contribution in [2.45, 2.75) is 41.0 Å². The van der Waals surface area contributed by atoms with Crippen LogP contribution in [0.2, 0.25) is 0 Å². The van der Waals surface area contributed by atoms with Gasteiger partial charge >= 0.3 is 5.97 Å². The highest BCUT2D eigenvalue weighted by Crippen LogP contribution is 2.34. The molecule has 14 heavy (non-hydrogen) atoms. The molecule has 0 spiro atoms. The number of carbonyl (C=O) groups excluding carboxylic acids is 2. The van der Waals surface area contributed by atoms with Crippen LogP contribution < -0.4 is 0 Å². The number of rotatable bonds is 5. The molecule has 0 aliphatic carbocycles. The molecular weight excluding hydrogens is 180 g/mol. The molecule has 0 N–H and O–H groups in total. The number of Topliss-reactive ketones (excluding diaryl/α,β-unsaturated/α-hetero) is 1. The van der Waals surface area contributed by atoms with Gasteiger partial charge in [0.15, 0.2) is 0 Å². The minimum atomic E-state index is -0.948. The van der Waals surface area contributed by atoms with E-state index < -0.39 is 5.41 Å². The van der Waals surface area contributed by atoms with E-state index in [4.69, 9.17) is 4.74 Å². The predicted molar refractivity (Wildman–Crippen MR) is 54.9 cm³/mol. The third-order valence-corrected chi connectivity index (χ3v) is 2.81. The second-order valence-electron chi connectivity index (χ2n) is 3.76. The van der Waals surface area contributed by atoms with Gasteiger partial charge in [0.25, 0.3) is 0 Å². The maximum atomic E-state index is 11.7. The highest BCUT2D eigenvalue weighted by atomic mass is 16.5. The van der Waals surface area contributed by atoms with E-state index in [1.54, 1.807) is 6.92 Å². The minimum Gasteiger partial charge on any atom is -0.465 e. The summed E-state index contributed by atoms with van der Waals surface area (Å²) >= 11 is 0. The number of carbonyl (C=O) groups is 2. The van der Waals surface area contributed by atoms with Gasteiger partial charge in [-0.1, -0.05) is 20.8 Å². The van der Waals surface area contributed by atoms with Gasteiger partial charge in [-0.05, 0) is 26.2 Å². The summed E-state index contributed by atoms with van der Waals surface area (Å²) in [5.41, 5.74) is -0.948. The lowest BCUT2D eigenvalue weighted by atomic mass is 9.72. The molecule has 0 aliphatic rings. The Kier molecular flexibility index (Phi) is 4.81. The molecule has 0 radical (unpaired) electrons. The molecule has 0 rings (SSSR count). The lowest BCUT2D eigenvalue weighted by molar-refractivity contribution is -0.163. The average Bonchev–Trinajstić information content (AvgIpc) is 2.05. The van der Waals surface area contributed by atoms with Gasteiger partial charge in [-0.15, -0.1) is 0 Å². The Labute approximate surface area is 85.8 Å². The van der Waals surface area contributed by atoms with Gasteiger partial charge in [0.2, 0.25) is 0 Å². The fourth-order valence-electron chi connectivity index (χ4n) is 1.85. The van der Waals surface area contributed by atoms with Crippen molar-refractivity contribution < 1.29 is 14.3 Å². The lowest BCUT2D eigenvalue weighted by Gasteiger charge is -2.31. The van der Waals surface area contributed by atoms with Crippen LogP contribution in [0.5, 0.6) is 0 Å². The van der Waals surface area contributed by atoms with Crippen LogP contribution >= 0.6 is 0 Å². The van der Waals surface area contributed by atoms with Crippen LogP contribution in [0, 0.1) is 11.3 Å². The van der Waals surface area contributed by atoms with Crippen molar-refractivity contribution in [3.05, 3.63) is 0 Å². The first-order valence-corrected chi connectivity index (χ1v) is 5.11. The Morgan fingerprint density at radius 1 is 1.29 bits per heavy atom. The predicted octanol–water partition coefficient (Wildman–Crippen LogP) is 2.19. The van der Waals surface area contributed by atoms with Crippen molar-refractivity contribution in [1.29, 1.82) is 0 Å². The molecular formula is C11H20O3. The summed E-state index contributed by atoms with van der Waals surface area (Å²) in [6.07, 6.45) is 0.499. The van der Waals surface area contributed by atoms with Gasteiger partial charge < -0.3 is 4.74 Å². The summed E-state index contributed by atoms with van der Waals surface area (Å²) in [5.74, 6) is -0.512. The summed E-state index contributed by atoms with van der Waals surface area (Å²) in [6.45, 7) is 9.13. The van der Waals surface area contributed by atoms with Crippen molar-refractivity contribution >= 4 is 11.8 Å². The van der Waals surface area contributed by atoms with E-state index in [1.807, 2.05) is 20.8 Å². The van der Waals surface area contributed by atoms with E-state index in [0.717, 1.165) is 0 Å². The molecule has 0 aromatic carbocycles. The number of ether oxygens (including phenoxy) is 1. The molecule has 0 aliphatic heterocycles. The Bertz CT molecular complexity index is 221. The molecule has 0 saturated carbocycles. The van der Waals surface area contributed by atoms with Gasteiger partial charge in [-0.3, -0.25) is 9.59 Å². The van der Waals surface area contributed by atoms with E-state index in [-0.39, 0.29) is 17.7 Å². The molecule has 0 heterocycles. The molecule has 0 aromatic heterocycles. The summed E-state index contributed by atoms with van der Waals surface area (Å²) in [7, 11) is 0. The van der Waals surface area contributed by atoms with E-state index in [9.17, 15) is 9.59 Å². The molecule has 0 fully saturated rings. The van der Waals surface area contributed by atoms with E-state index >= 15 is 0 Å². The Morgan fingerprint density at radius 2 is 1.79 bits per heavy atom. The smallest absolute Gasteiger partial charge is 0.319 e. The Hall–Kier alpha value is -0.860. The second kappa shape index (κ2) is 5.13. The molecule has 82 valence electrons. The van der Waals surface area contributed by atoms with Crippen molar-refractivity contribution in [3.63, 3.8) is 0 Å². The van der Waals surface area contributed by atoms with E-state index in [1.165, 1.54) is 6.92 Å². The van der Waals surface area contributed by atoms with E-state index in [0.29, 0.717) is 13.0 Å². The summed E-state index contributed by atoms with van der Waals surface area (Å²) in [4.78, 5) is 23.3. The molecule has 1 atom stereocenters. The topological polar surface area (TPSA) is 43.4 Å². The number of hydrogen-bond donors (Lipinski definition) is 0. The molecule has 3 heteroatoms. The summed E-state index contributed by atoms with van der Waals surface area (Å²) in [6, 6.07) is 0. The first kappa shape index (κ1) is 13.1. The van der Waals surface area contributed by atoms with Crippen LogP contribution in [0.15, 0.2) is 0 Å². The van der Waals surface area contributed by atoms with Crippen LogP contribution in [0.25, 0.3) is 0 Å². The quantitative estimate of drug-likeness (QED) is 0.504. The van der Waals surface area contributed by atoms with Crippen LogP contribution in [0.4, 0.5) is 0 Å². The number of hydrogen-bond acceptors (Lipinski definition) is 3. The number of ketones is 1. The molecule has 0 aromatic rings. The fourth-order valence-corrected chi connectivity index (χ4v) is 1.85. The van der Waals surface area contributed by atoms with Crippen LogP contribution in [0.1, 0.15) is 41.0 Å². The zero-order valence-electron chi connectivity index (χ0n) is 9.72. The molecule has 0 unspecified atom stereocenters. The lowest BCUT2D eigenvalue weighted by Crippen LogP contribution is -2.43. The first-order valence-electron chi connectivity index (χ1n) is 5.11. The van der Waals surface area contributed by atoms with Gasteiger partial charge in [0, 0.05) is 0 Å². The van der Waals surface area contributed by atoms with Crippen LogP contribution in [-0.4, -0.2) is 18.4 Å². The third kappa shape index (κ3) is 2.14. The van der Waals surface area contributed by atoms with Crippen molar-refractivity contribution in [3.8, 4) is 0 Å². The zero-order chi connectivity index (χ0) is 11.4. The zero-order valence-corrected chi connectivity index (χ0v) is 9.72. The van der Waals surface area contributed by atoms with Gasteiger partial charge in [0.1, 0.15) is 11.2 Å². The van der Waals surface area contributed by atoms with Crippen LogP contribution in [-0.2, 0) is 14.3 Å². The normalized spacial score (nSPS) is 15.0. The highest BCUT2D eigenvalue weighted by molar-refractivity contribution is 6.02. The SMILES string of the molecule is CCOC(=O)[C@@](CC)(C(C)=O)C(C)C. The first-order chi connectivity index (χ1) is 6.43. The monoisotopic (exact) mass is 200 g/mol. The van der Waals surface area contributed by atoms with Crippen molar-refractivity contribution in [1.82, 2.24) is 0 Å². The average molecular weight is 200 g/mol. The largest absolute Gasteiger partial charge is 0.465 e. The third-order valence-electron chi connectivity index (χ3n) is 2.81. The molecule has 0 saturated heterocycles. The molecule has 0 amide bonds. The summed E-state index contributed by atoms with van der Waals surface area (Å²) < 4.78 is 4.96. The summed E-state index contributed by atoms with van der Waals surface area (Å²) in [5, 5.41) is 0. The maximum absolute atomic E-state index is 11.7.